The van der Waals surface area contributed by atoms with Crippen LogP contribution in [-0.4, -0.2) is 36.5 Å². The lowest BCUT2D eigenvalue weighted by atomic mass is 10.2. The van der Waals surface area contributed by atoms with Gasteiger partial charge in [0.25, 0.3) is 0 Å². The quantitative estimate of drug-likeness (QED) is 0.661. The molecule has 0 fully saturated rings. The Kier molecular flexibility index (Phi) is 5.98. The van der Waals surface area contributed by atoms with E-state index in [0.717, 1.165) is 13.0 Å². The molecule has 0 aromatic heterocycles. The van der Waals surface area contributed by atoms with Crippen molar-refractivity contribution in [3.8, 4) is 12.3 Å². The zero-order valence-corrected chi connectivity index (χ0v) is 9.50. The zero-order chi connectivity index (χ0) is 11.1. The highest BCUT2D eigenvalue weighted by atomic mass is 16.2. The second kappa shape index (κ2) is 6.44. The zero-order valence-electron chi connectivity index (χ0n) is 9.50. The van der Waals surface area contributed by atoms with Gasteiger partial charge < -0.3 is 4.90 Å². The van der Waals surface area contributed by atoms with Gasteiger partial charge in [0.2, 0.25) is 5.91 Å². The standard InChI is InChI=1S/C11H20N2O/c1-6-10(7-2)12-9(4)11(14)13(5)8-3/h1,9-10,12H,7-8H2,2-5H3. The van der Waals surface area contributed by atoms with Crippen LogP contribution in [-0.2, 0) is 4.79 Å². The van der Waals surface area contributed by atoms with Gasteiger partial charge in [-0.2, -0.15) is 0 Å². The Hall–Kier alpha value is -1.01. The fourth-order valence-corrected chi connectivity index (χ4v) is 1.14. The van der Waals surface area contributed by atoms with Crippen LogP contribution in [0.3, 0.4) is 0 Å². The molecule has 2 atom stereocenters. The Morgan fingerprint density at radius 3 is 2.50 bits per heavy atom. The molecule has 0 aliphatic heterocycles. The first-order valence-corrected chi connectivity index (χ1v) is 5.03. The molecular formula is C11H20N2O. The minimum Gasteiger partial charge on any atom is -0.345 e. The third-order valence-corrected chi connectivity index (χ3v) is 2.28. The van der Waals surface area contributed by atoms with Crippen molar-refractivity contribution in [3.63, 3.8) is 0 Å². The Morgan fingerprint density at radius 2 is 2.14 bits per heavy atom. The smallest absolute Gasteiger partial charge is 0.239 e. The summed E-state index contributed by atoms with van der Waals surface area (Å²) in [5.74, 6) is 2.70. The molecule has 0 aliphatic carbocycles. The summed E-state index contributed by atoms with van der Waals surface area (Å²) in [4.78, 5) is 13.3. The van der Waals surface area contributed by atoms with Crippen molar-refractivity contribution < 1.29 is 4.79 Å². The molecule has 80 valence electrons. The topological polar surface area (TPSA) is 32.3 Å². The van der Waals surface area contributed by atoms with Crippen LogP contribution < -0.4 is 5.32 Å². The highest BCUT2D eigenvalue weighted by molar-refractivity contribution is 5.81. The van der Waals surface area contributed by atoms with Crippen LogP contribution in [0, 0.1) is 12.3 Å². The number of carbonyl (C=O) groups excluding carboxylic acids is 1. The minimum absolute atomic E-state index is 0.0146. The average Bonchev–Trinajstić information content (AvgIpc) is 2.23. The van der Waals surface area contributed by atoms with Crippen LogP contribution in [0.15, 0.2) is 0 Å². The van der Waals surface area contributed by atoms with Gasteiger partial charge in [-0.15, -0.1) is 6.42 Å². The van der Waals surface area contributed by atoms with Crippen molar-refractivity contribution in [2.45, 2.75) is 39.3 Å². The van der Waals surface area contributed by atoms with E-state index in [-0.39, 0.29) is 18.0 Å². The Bertz CT molecular complexity index is 220. The van der Waals surface area contributed by atoms with E-state index in [4.69, 9.17) is 6.42 Å². The number of rotatable bonds is 5. The normalized spacial score (nSPS) is 14.2. The van der Waals surface area contributed by atoms with Crippen LogP contribution in [0.5, 0.6) is 0 Å². The third-order valence-electron chi connectivity index (χ3n) is 2.28. The summed E-state index contributed by atoms with van der Waals surface area (Å²) in [5, 5.41) is 3.10. The van der Waals surface area contributed by atoms with Crippen molar-refractivity contribution in [3.05, 3.63) is 0 Å². The predicted molar refractivity (Wildman–Crippen MR) is 58.8 cm³/mol. The molecule has 0 rings (SSSR count). The molecule has 1 amide bonds. The largest absolute Gasteiger partial charge is 0.345 e. The molecular weight excluding hydrogens is 176 g/mol. The molecule has 0 saturated carbocycles. The number of hydrogen-bond donors (Lipinski definition) is 1. The lowest BCUT2D eigenvalue weighted by molar-refractivity contribution is -0.131. The minimum atomic E-state index is -0.207. The number of terminal acetylenes is 1. The van der Waals surface area contributed by atoms with Gasteiger partial charge in [-0.25, -0.2) is 0 Å². The van der Waals surface area contributed by atoms with Crippen LogP contribution in [0.1, 0.15) is 27.2 Å². The summed E-state index contributed by atoms with van der Waals surface area (Å²) in [7, 11) is 1.79. The number of amides is 1. The fraction of sp³-hybridized carbons (Fsp3) is 0.727. The van der Waals surface area contributed by atoms with E-state index >= 15 is 0 Å². The van der Waals surface area contributed by atoms with Gasteiger partial charge in [-0.05, 0) is 20.3 Å². The van der Waals surface area contributed by atoms with E-state index in [2.05, 4.69) is 11.2 Å². The molecule has 0 aromatic carbocycles. The van der Waals surface area contributed by atoms with Crippen molar-refractivity contribution >= 4 is 5.91 Å². The van der Waals surface area contributed by atoms with E-state index < -0.39 is 0 Å². The van der Waals surface area contributed by atoms with Gasteiger partial charge in [0.05, 0.1) is 12.1 Å². The molecule has 0 aromatic rings. The molecule has 0 radical (unpaired) electrons. The Labute approximate surface area is 86.9 Å². The highest BCUT2D eigenvalue weighted by Crippen LogP contribution is 1.96. The van der Waals surface area contributed by atoms with Crippen LogP contribution in [0.25, 0.3) is 0 Å². The predicted octanol–water partition coefficient (Wildman–Crippen LogP) is 0.855. The van der Waals surface area contributed by atoms with Crippen LogP contribution in [0.4, 0.5) is 0 Å². The van der Waals surface area contributed by atoms with Crippen molar-refractivity contribution in [2.24, 2.45) is 0 Å². The number of nitrogens with zero attached hydrogens (tertiary/aromatic N) is 1. The molecule has 2 unspecified atom stereocenters. The van der Waals surface area contributed by atoms with Gasteiger partial charge in [0.15, 0.2) is 0 Å². The van der Waals surface area contributed by atoms with E-state index in [1.807, 2.05) is 20.8 Å². The van der Waals surface area contributed by atoms with Gasteiger partial charge in [0.1, 0.15) is 0 Å². The van der Waals surface area contributed by atoms with Gasteiger partial charge in [-0.3, -0.25) is 10.1 Å². The average molecular weight is 196 g/mol. The molecule has 14 heavy (non-hydrogen) atoms. The monoisotopic (exact) mass is 196 g/mol. The summed E-state index contributed by atoms with van der Waals surface area (Å²) >= 11 is 0. The van der Waals surface area contributed by atoms with Crippen LogP contribution in [0.2, 0.25) is 0 Å². The number of carbonyl (C=O) groups is 1. The van der Waals surface area contributed by atoms with E-state index in [0.29, 0.717) is 0 Å². The summed E-state index contributed by atoms with van der Waals surface area (Å²) in [6.45, 7) is 6.51. The first kappa shape index (κ1) is 13.0. The third kappa shape index (κ3) is 3.80. The number of nitrogens with one attached hydrogen (secondary N) is 1. The SMILES string of the molecule is C#CC(CC)NC(C)C(=O)N(C)CC. The maximum Gasteiger partial charge on any atom is 0.239 e. The van der Waals surface area contributed by atoms with Gasteiger partial charge in [0, 0.05) is 13.6 Å². The second-order valence-electron chi connectivity index (χ2n) is 3.37. The lowest BCUT2D eigenvalue weighted by Crippen LogP contribution is -2.46. The summed E-state index contributed by atoms with van der Waals surface area (Å²) < 4.78 is 0. The number of likely N-dealkylation sites (N-methyl/N-ethyl adjacent to an activating group) is 1. The highest BCUT2D eigenvalue weighted by Gasteiger charge is 2.17. The van der Waals surface area contributed by atoms with Crippen molar-refractivity contribution in [1.29, 1.82) is 0 Å². The molecule has 0 saturated heterocycles. The number of hydrogen-bond acceptors (Lipinski definition) is 2. The molecule has 0 bridgehead atoms. The molecule has 0 aliphatic rings. The van der Waals surface area contributed by atoms with Gasteiger partial charge in [-0.1, -0.05) is 12.8 Å². The van der Waals surface area contributed by atoms with E-state index in [1.54, 1.807) is 11.9 Å². The summed E-state index contributed by atoms with van der Waals surface area (Å²) in [6.07, 6.45) is 6.14. The molecule has 0 heterocycles. The summed E-state index contributed by atoms with van der Waals surface area (Å²) in [6, 6.07) is -0.222. The van der Waals surface area contributed by atoms with E-state index in [9.17, 15) is 4.79 Å². The summed E-state index contributed by atoms with van der Waals surface area (Å²) in [5.41, 5.74) is 0. The Morgan fingerprint density at radius 1 is 1.57 bits per heavy atom. The first-order chi connectivity index (χ1) is 6.56. The lowest BCUT2D eigenvalue weighted by Gasteiger charge is -2.22. The van der Waals surface area contributed by atoms with Crippen molar-refractivity contribution in [2.75, 3.05) is 13.6 Å². The molecule has 0 spiro atoms. The molecule has 3 nitrogen and oxygen atoms in total. The maximum atomic E-state index is 11.6. The van der Waals surface area contributed by atoms with E-state index in [1.165, 1.54) is 0 Å². The first-order valence-electron chi connectivity index (χ1n) is 5.03. The fourth-order valence-electron chi connectivity index (χ4n) is 1.14. The second-order valence-corrected chi connectivity index (χ2v) is 3.37. The van der Waals surface area contributed by atoms with Crippen molar-refractivity contribution in [1.82, 2.24) is 10.2 Å². The Balaban J connectivity index is 4.14. The van der Waals surface area contributed by atoms with Gasteiger partial charge >= 0.3 is 0 Å². The molecule has 1 N–H and O–H groups in total. The molecule has 3 heteroatoms. The maximum absolute atomic E-state index is 11.6. The van der Waals surface area contributed by atoms with Crippen LogP contribution >= 0.6 is 0 Å².